The zero-order chi connectivity index (χ0) is 25.2. The van der Waals surface area contributed by atoms with Crippen LogP contribution in [0.25, 0.3) is 11.1 Å². The van der Waals surface area contributed by atoms with E-state index in [1.807, 2.05) is 38.1 Å². The van der Waals surface area contributed by atoms with Gasteiger partial charge in [-0.2, -0.15) is 0 Å². The summed E-state index contributed by atoms with van der Waals surface area (Å²) in [6.45, 7) is 5.60. The van der Waals surface area contributed by atoms with E-state index in [2.05, 4.69) is 34.9 Å². The number of benzene rings is 2. The first-order valence-corrected chi connectivity index (χ1v) is 12.4. The third kappa shape index (κ3) is 4.90. The predicted molar refractivity (Wildman–Crippen MR) is 133 cm³/mol. The first-order chi connectivity index (χ1) is 16.7. The molecule has 186 valence electrons. The van der Waals surface area contributed by atoms with Gasteiger partial charge in [0.15, 0.2) is 0 Å². The molecule has 0 saturated heterocycles. The van der Waals surface area contributed by atoms with E-state index in [0.29, 0.717) is 12.8 Å². The summed E-state index contributed by atoms with van der Waals surface area (Å²) in [5, 5.41) is 15.2. The summed E-state index contributed by atoms with van der Waals surface area (Å²) >= 11 is 0. The normalized spacial score (nSPS) is 16.5. The van der Waals surface area contributed by atoms with Gasteiger partial charge in [-0.1, -0.05) is 62.4 Å². The van der Waals surface area contributed by atoms with Crippen molar-refractivity contribution in [2.75, 3.05) is 6.61 Å². The fourth-order valence-corrected chi connectivity index (χ4v) is 5.34. The predicted octanol–water partition coefficient (Wildman–Crippen LogP) is 4.84. The van der Waals surface area contributed by atoms with Crippen molar-refractivity contribution < 1.29 is 24.2 Å². The van der Waals surface area contributed by atoms with Gasteiger partial charge in [0.2, 0.25) is 5.91 Å². The Balaban J connectivity index is 1.46. The van der Waals surface area contributed by atoms with Gasteiger partial charge in [0.25, 0.3) is 0 Å². The number of aliphatic carboxylic acids is 1. The number of carboxylic acid groups (broad SMARTS) is 1. The van der Waals surface area contributed by atoms with Gasteiger partial charge in [-0.3, -0.25) is 9.59 Å². The Morgan fingerprint density at radius 2 is 1.49 bits per heavy atom. The number of fused-ring (bicyclic) bond motifs is 3. The molecule has 1 fully saturated rings. The van der Waals surface area contributed by atoms with Crippen LogP contribution in [0.1, 0.15) is 69.9 Å². The maximum Gasteiger partial charge on any atom is 0.408 e. The van der Waals surface area contributed by atoms with Gasteiger partial charge in [-0.25, -0.2) is 4.79 Å². The summed E-state index contributed by atoms with van der Waals surface area (Å²) in [5.74, 6) is -1.27. The van der Waals surface area contributed by atoms with Gasteiger partial charge >= 0.3 is 12.1 Å². The highest BCUT2D eigenvalue weighted by molar-refractivity contribution is 5.91. The van der Waals surface area contributed by atoms with Gasteiger partial charge in [-0.05, 0) is 60.8 Å². The molecule has 2 aromatic carbocycles. The Labute approximate surface area is 206 Å². The number of alkyl carbamates (subject to hydrolysis) is 1. The van der Waals surface area contributed by atoms with Crippen molar-refractivity contribution in [1.29, 1.82) is 0 Å². The maximum absolute atomic E-state index is 13.4. The molecule has 1 saturated carbocycles. The lowest BCUT2D eigenvalue weighted by atomic mass is 9.86. The number of carboxylic acids is 1. The van der Waals surface area contributed by atoms with Gasteiger partial charge < -0.3 is 20.5 Å². The summed E-state index contributed by atoms with van der Waals surface area (Å²) in [6, 6.07) is 16.2. The number of amides is 2. The maximum atomic E-state index is 13.4. The fourth-order valence-electron chi connectivity index (χ4n) is 5.34. The topological polar surface area (TPSA) is 105 Å². The second kappa shape index (κ2) is 9.72. The molecule has 0 spiro atoms. The highest BCUT2D eigenvalue weighted by atomic mass is 16.5. The number of carbonyl (C=O) groups excluding carboxylic acids is 2. The number of carbonyl (C=O) groups is 3. The highest BCUT2D eigenvalue weighted by Gasteiger charge is 2.47. The van der Waals surface area contributed by atoms with Gasteiger partial charge in [0.1, 0.15) is 12.1 Å². The Bertz CT molecular complexity index is 1080. The molecule has 0 bridgehead atoms. The Morgan fingerprint density at radius 3 is 1.97 bits per heavy atom. The minimum Gasteiger partial charge on any atom is -0.481 e. The third-order valence-corrected chi connectivity index (χ3v) is 7.72. The van der Waals surface area contributed by atoms with Crippen molar-refractivity contribution in [1.82, 2.24) is 10.6 Å². The largest absolute Gasteiger partial charge is 0.481 e. The van der Waals surface area contributed by atoms with Gasteiger partial charge in [0.05, 0.1) is 12.0 Å². The second-order valence-corrected chi connectivity index (χ2v) is 9.96. The lowest BCUT2D eigenvalue weighted by molar-refractivity contribution is -0.139. The number of hydrogen-bond acceptors (Lipinski definition) is 4. The minimum atomic E-state index is -1.18. The van der Waals surface area contributed by atoms with E-state index in [9.17, 15) is 19.5 Å². The van der Waals surface area contributed by atoms with Crippen molar-refractivity contribution in [3.05, 3.63) is 59.7 Å². The van der Waals surface area contributed by atoms with E-state index in [0.717, 1.165) is 35.1 Å². The van der Waals surface area contributed by atoms with E-state index < -0.39 is 23.1 Å². The average Bonchev–Trinajstić information content (AvgIpc) is 3.65. The molecule has 2 aliphatic carbocycles. The van der Waals surface area contributed by atoms with Gasteiger partial charge in [-0.15, -0.1) is 0 Å². The smallest absolute Gasteiger partial charge is 0.408 e. The molecular weight excluding hydrogens is 444 g/mol. The van der Waals surface area contributed by atoms with Crippen molar-refractivity contribution in [2.45, 2.75) is 69.9 Å². The molecule has 2 aromatic rings. The van der Waals surface area contributed by atoms with Crippen LogP contribution in [0.2, 0.25) is 0 Å². The molecule has 0 aromatic heterocycles. The fraction of sp³-hybridized carbons (Fsp3) is 0.464. The molecule has 1 unspecified atom stereocenters. The summed E-state index contributed by atoms with van der Waals surface area (Å²) in [7, 11) is 0. The van der Waals surface area contributed by atoms with Crippen LogP contribution in [-0.2, 0) is 14.3 Å². The summed E-state index contributed by atoms with van der Waals surface area (Å²) in [6.07, 6.45) is 1.67. The summed E-state index contributed by atoms with van der Waals surface area (Å²) < 4.78 is 5.68. The number of hydrogen-bond donors (Lipinski definition) is 3. The van der Waals surface area contributed by atoms with E-state index >= 15 is 0 Å². The van der Waals surface area contributed by atoms with Crippen LogP contribution in [0.5, 0.6) is 0 Å². The van der Waals surface area contributed by atoms with E-state index in [1.54, 1.807) is 6.92 Å². The molecule has 2 aliphatic rings. The van der Waals surface area contributed by atoms with Gasteiger partial charge in [0, 0.05) is 5.92 Å². The zero-order valence-corrected chi connectivity index (χ0v) is 20.6. The molecule has 35 heavy (non-hydrogen) atoms. The first-order valence-electron chi connectivity index (χ1n) is 12.4. The van der Waals surface area contributed by atoms with Crippen molar-refractivity contribution in [3.63, 3.8) is 0 Å². The number of rotatable bonds is 10. The SMILES string of the molecule is CCC(CC)(NC(=O)OCC1c2ccccc2-c2ccccc21)C(=O)NC(C)(CC(=O)O)C1CC1. The molecule has 4 rings (SSSR count). The molecule has 7 nitrogen and oxygen atoms in total. The Hall–Kier alpha value is -3.35. The van der Waals surface area contributed by atoms with E-state index in [1.165, 1.54) is 0 Å². The molecule has 0 radical (unpaired) electrons. The van der Waals surface area contributed by atoms with Crippen LogP contribution in [0, 0.1) is 5.92 Å². The summed E-state index contributed by atoms with van der Waals surface area (Å²) in [4.78, 5) is 37.8. The molecule has 0 heterocycles. The average molecular weight is 479 g/mol. The van der Waals surface area contributed by atoms with Crippen molar-refractivity contribution >= 4 is 18.0 Å². The molecular formula is C28H34N2O5. The zero-order valence-electron chi connectivity index (χ0n) is 20.6. The first kappa shape index (κ1) is 24.8. The monoisotopic (exact) mass is 478 g/mol. The van der Waals surface area contributed by atoms with Crippen LogP contribution in [-0.4, -0.2) is 40.8 Å². The summed E-state index contributed by atoms with van der Waals surface area (Å²) in [5.41, 5.74) is 2.49. The van der Waals surface area contributed by atoms with E-state index in [-0.39, 0.29) is 30.8 Å². The van der Waals surface area contributed by atoms with Crippen LogP contribution < -0.4 is 10.6 Å². The van der Waals surface area contributed by atoms with Crippen molar-refractivity contribution in [3.8, 4) is 11.1 Å². The second-order valence-electron chi connectivity index (χ2n) is 9.96. The Morgan fingerprint density at radius 1 is 0.943 bits per heavy atom. The van der Waals surface area contributed by atoms with E-state index in [4.69, 9.17) is 4.74 Å². The highest BCUT2D eigenvalue weighted by Crippen LogP contribution is 2.44. The number of nitrogens with one attached hydrogen (secondary N) is 2. The van der Waals surface area contributed by atoms with Crippen LogP contribution >= 0.6 is 0 Å². The molecule has 7 heteroatoms. The van der Waals surface area contributed by atoms with Crippen LogP contribution in [0.3, 0.4) is 0 Å². The minimum absolute atomic E-state index is 0.0756. The number of ether oxygens (including phenoxy) is 1. The standard InChI is InChI=1S/C28H34N2O5/c1-4-28(5-2,25(33)29-27(3,16-24(31)32)18-14-15-18)30-26(34)35-17-23-21-12-8-6-10-19(21)20-11-7-9-13-22(20)23/h6-13,18,23H,4-5,14-17H2,1-3H3,(H,29,33)(H,30,34)(H,31,32). The lowest BCUT2D eigenvalue weighted by Gasteiger charge is -2.37. The molecule has 3 N–H and O–H groups in total. The molecule has 1 atom stereocenters. The van der Waals surface area contributed by atoms with Crippen LogP contribution in [0.15, 0.2) is 48.5 Å². The quantitative estimate of drug-likeness (QED) is 0.453. The van der Waals surface area contributed by atoms with Crippen molar-refractivity contribution in [2.24, 2.45) is 5.92 Å². The van der Waals surface area contributed by atoms with Crippen LogP contribution in [0.4, 0.5) is 4.79 Å². The lowest BCUT2D eigenvalue weighted by Crippen LogP contribution is -2.63. The molecule has 0 aliphatic heterocycles. The Kier molecular flexibility index (Phi) is 6.88. The molecule has 2 amide bonds. The third-order valence-electron chi connectivity index (χ3n) is 7.72.